The van der Waals surface area contributed by atoms with E-state index < -0.39 is 11.5 Å². The molecule has 0 unspecified atom stereocenters. The van der Waals surface area contributed by atoms with Crippen LogP contribution in [0.1, 0.15) is 43.8 Å². The van der Waals surface area contributed by atoms with E-state index in [0.717, 1.165) is 19.3 Å². The molecule has 1 saturated carbocycles. The lowest BCUT2D eigenvalue weighted by atomic mass is 9.80. The fourth-order valence-corrected chi connectivity index (χ4v) is 2.79. The molecule has 1 amide bonds. The van der Waals surface area contributed by atoms with Gasteiger partial charge in [0.2, 0.25) is 5.91 Å². The fourth-order valence-electron chi connectivity index (χ4n) is 2.79. The Kier molecular flexibility index (Phi) is 5.12. The minimum Gasteiger partial charge on any atom is -0.479 e. The molecular weight excluding hydrogens is 290 g/mol. The first-order valence-electron chi connectivity index (χ1n) is 7.33. The van der Waals surface area contributed by atoms with Gasteiger partial charge in [-0.2, -0.15) is 4.98 Å². The topological polar surface area (TPSA) is 106 Å². The van der Waals surface area contributed by atoms with Gasteiger partial charge in [0.25, 0.3) is 5.89 Å². The molecule has 1 aliphatic carbocycles. The Hall–Kier alpha value is -1.96. The second-order valence-corrected chi connectivity index (χ2v) is 5.58. The Morgan fingerprint density at radius 2 is 2.05 bits per heavy atom. The maximum Gasteiger partial charge on any atom is 0.329 e. The molecule has 0 spiro atoms. The third-order valence-corrected chi connectivity index (χ3v) is 4.12. The van der Waals surface area contributed by atoms with Crippen LogP contribution in [0.5, 0.6) is 0 Å². The zero-order chi connectivity index (χ0) is 16.2. The average molecular weight is 311 g/mol. The van der Waals surface area contributed by atoms with Crippen molar-refractivity contribution in [2.45, 2.75) is 51.2 Å². The van der Waals surface area contributed by atoms with Gasteiger partial charge < -0.3 is 19.3 Å². The summed E-state index contributed by atoms with van der Waals surface area (Å²) in [6.45, 7) is 1.50. The Morgan fingerprint density at radius 3 is 2.59 bits per heavy atom. The number of hydrogen-bond donors (Lipinski definition) is 1. The number of carbonyl (C=O) groups is 2. The monoisotopic (exact) mass is 311 g/mol. The van der Waals surface area contributed by atoms with E-state index in [-0.39, 0.29) is 19.1 Å². The van der Waals surface area contributed by atoms with Crippen LogP contribution in [0.15, 0.2) is 4.52 Å². The molecule has 0 radical (unpaired) electrons. The molecule has 8 nitrogen and oxygen atoms in total. The largest absolute Gasteiger partial charge is 0.479 e. The third kappa shape index (κ3) is 3.44. The molecule has 1 aliphatic rings. The maximum atomic E-state index is 12.2. The van der Waals surface area contributed by atoms with Gasteiger partial charge >= 0.3 is 5.97 Å². The summed E-state index contributed by atoms with van der Waals surface area (Å²) < 4.78 is 10.1. The van der Waals surface area contributed by atoms with Crippen LogP contribution in [0.3, 0.4) is 0 Å². The first kappa shape index (κ1) is 16.4. The second kappa shape index (κ2) is 6.87. The number of aliphatic carboxylic acids is 1. The minimum atomic E-state index is -1.11. The number of aryl methyl sites for hydroxylation is 1. The number of carboxylic acid groups (broad SMARTS) is 1. The minimum absolute atomic E-state index is 0.0283. The van der Waals surface area contributed by atoms with E-state index in [2.05, 4.69) is 10.1 Å². The zero-order valence-electron chi connectivity index (χ0n) is 12.9. The van der Waals surface area contributed by atoms with E-state index in [9.17, 15) is 14.7 Å². The van der Waals surface area contributed by atoms with Gasteiger partial charge in [0.1, 0.15) is 18.8 Å². The van der Waals surface area contributed by atoms with Gasteiger partial charge in [0.15, 0.2) is 5.82 Å². The molecule has 2 rings (SSSR count). The number of rotatable bonds is 6. The maximum absolute atomic E-state index is 12.2. The van der Waals surface area contributed by atoms with Crippen molar-refractivity contribution >= 4 is 11.9 Å². The summed E-state index contributed by atoms with van der Waals surface area (Å²) in [7, 11) is 1.53. The molecule has 1 N–H and O–H groups in total. The van der Waals surface area contributed by atoms with E-state index in [1.54, 1.807) is 6.92 Å². The van der Waals surface area contributed by atoms with Crippen molar-refractivity contribution in [2.24, 2.45) is 0 Å². The van der Waals surface area contributed by atoms with E-state index >= 15 is 0 Å². The summed E-state index contributed by atoms with van der Waals surface area (Å²) in [6.07, 6.45) is 3.59. The number of nitrogens with zero attached hydrogens (tertiary/aromatic N) is 3. The summed E-state index contributed by atoms with van der Waals surface area (Å²) in [5.41, 5.74) is -1.11. The van der Waals surface area contributed by atoms with Gasteiger partial charge in [-0.05, 0) is 19.8 Å². The predicted octanol–water partition coefficient (Wildman–Crippen LogP) is 1.14. The van der Waals surface area contributed by atoms with Gasteiger partial charge in [0.05, 0.1) is 0 Å². The van der Waals surface area contributed by atoms with Gasteiger partial charge in [-0.1, -0.05) is 24.4 Å². The van der Waals surface area contributed by atoms with Gasteiger partial charge in [0, 0.05) is 7.05 Å². The SMILES string of the molecule is Cc1noc(COCC(=O)N(C)C2(C(=O)O)CCCCC2)n1. The van der Waals surface area contributed by atoms with Crippen LogP contribution >= 0.6 is 0 Å². The Bertz CT molecular complexity index is 536. The highest BCUT2D eigenvalue weighted by atomic mass is 16.5. The van der Waals surface area contributed by atoms with Gasteiger partial charge in [-0.25, -0.2) is 4.79 Å². The van der Waals surface area contributed by atoms with Crippen LogP contribution in [0.25, 0.3) is 0 Å². The van der Waals surface area contributed by atoms with E-state index in [1.807, 2.05) is 0 Å². The number of carbonyl (C=O) groups excluding carboxylic acids is 1. The molecule has 22 heavy (non-hydrogen) atoms. The molecule has 0 saturated heterocycles. The molecule has 1 aromatic heterocycles. The van der Waals surface area contributed by atoms with Crippen molar-refractivity contribution in [3.63, 3.8) is 0 Å². The van der Waals surface area contributed by atoms with Gasteiger partial charge in [-0.3, -0.25) is 4.79 Å². The number of amides is 1. The van der Waals surface area contributed by atoms with Crippen LogP contribution in [0.2, 0.25) is 0 Å². The molecule has 1 fully saturated rings. The lowest BCUT2D eigenvalue weighted by molar-refractivity contribution is -0.162. The van der Waals surface area contributed by atoms with Gasteiger partial charge in [-0.15, -0.1) is 0 Å². The predicted molar refractivity (Wildman–Crippen MR) is 74.9 cm³/mol. The molecule has 1 heterocycles. The summed E-state index contributed by atoms with van der Waals surface area (Å²) in [6, 6.07) is 0. The Labute approximate surface area is 128 Å². The summed E-state index contributed by atoms with van der Waals surface area (Å²) >= 11 is 0. The highest BCUT2D eigenvalue weighted by Gasteiger charge is 2.45. The Balaban J connectivity index is 1.91. The van der Waals surface area contributed by atoms with E-state index in [4.69, 9.17) is 9.26 Å². The van der Waals surface area contributed by atoms with E-state index in [0.29, 0.717) is 24.6 Å². The summed E-state index contributed by atoms with van der Waals surface area (Å²) in [5.74, 6) is -0.524. The number of ether oxygens (including phenoxy) is 1. The number of hydrogen-bond acceptors (Lipinski definition) is 6. The lowest BCUT2D eigenvalue weighted by Gasteiger charge is -2.40. The normalized spacial score (nSPS) is 17.2. The molecule has 1 aromatic rings. The molecular formula is C14H21N3O5. The molecule has 0 aliphatic heterocycles. The number of carboxylic acids is 1. The standard InChI is InChI=1S/C14H21N3O5/c1-10-15-11(22-16-10)8-21-9-12(18)17(2)14(13(19)20)6-4-3-5-7-14/h3-9H2,1-2H3,(H,19,20). The van der Waals surface area contributed by atoms with Crippen LogP contribution in [-0.4, -0.2) is 51.2 Å². The average Bonchev–Trinajstić information content (AvgIpc) is 2.92. The van der Waals surface area contributed by atoms with Crippen molar-refractivity contribution in [2.75, 3.05) is 13.7 Å². The molecule has 122 valence electrons. The molecule has 0 aromatic carbocycles. The highest BCUT2D eigenvalue weighted by molar-refractivity contribution is 5.87. The lowest BCUT2D eigenvalue weighted by Crippen LogP contribution is -2.57. The number of aromatic nitrogens is 2. The first-order chi connectivity index (χ1) is 10.5. The van der Waals surface area contributed by atoms with Crippen molar-refractivity contribution in [3.05, 3.63) is 11.7 Å². The van der Waals surface area contributed by atoms with Crippen LogP contribution < -0.4 is 0 Å². The quantitative estimate of drug-likeness (QED) is 0.839. The van der Waals surface area contributed by atoms with Crippen LogP contribution in [-0.2, 0) is 20.9 Å². The smallest absolute Gasteiger partial charge is 0.329 e. The van der Waals surface area contributed by atoms with Crippen molar-refractivity contribution in [1.82, 2.24) is 15.0 Å². The van der Waals surface area contributed by atoms with Crippen LogP contribution in [0.4, 0.5) is 0 Å². The van der Waals surface area contributed by atoms with Crippen LogP contribution in [0, 0.1) is 6.92 Å². The Morgan fingerprint density at radius 1 is 1.36 bits per heavy atom. The fraction of sp³-hybridized carbons (Fsp3) is 0.714. The zero-order valence-corrected chi connectivity index (χ0v) is 12.9. The van der Waals surface area contributed by atoms with Crippen molar-refractivity contribution in [1.29, 1.82) is 0 Å². The second-order valence-electron chi connectivity index (χ2n) is 5.58. The van der Waals surface area contributed by atoms with E-state index in [1.165, 1.54) is 11.9 Å². The molecule has 0 bridgehead atoms. The molecule has 8 heteroatoms. The summed E-state index contributed by atoms with van der Waals surface area (Å²) in [4.78, 5) is 29.1. The van der Waals surface area contributed by atoms with Crippen molar-refractivity contribution in [3.8, 4) is 0 Å². The highest BCUT2D eigenvalue weighted by Crippen LogP contribution is 2.33. The first-order valence-corrected chi connectivity index (χ1v) is 7.33. The number of likely N-dealkylation sites (N-methyl/N-ethyl adjacent to an activating group) is 1. The third-order valence-electron chi connectivity index (χ3n) is 4.12. The summed E-state index contributed by atoms with van der Waals surface area (Å²) in [5, 5.41) is 13.2. The molecule has 0 atom stereocenters. The van der Waals surface area contributed by atoms with Crippen molar-refractivity contribution < 1.29 is 24.0 Å².